The molecule has 1 fully saturated rings. The minimum Gasteiger partial charge on any atom is -0.354 e. The van der Waals surface area contributed by atoms with E-state index >= 15 is 0 Å². The molecule has 29 heavy (non-hydrogen) atoms. The van der Waals surface area contributed by atoms with Crippen LogP contribution in [0.1, 0.15) is 31.2 Å². The number of aromatic nitrogens is 1. The molecule has 152 valence electrons. The summed E-state index contributed by atoms with van der Waals surface area (Å²) in [5.74, 6) is -1.50. The van der Waals surface area contributed by atoms with Crippen LogP contribution >= 0.6 is 0 Å². The number of carbonyl (C=O) groups excluding carboxylic acids is 1. The maximum absolute atomic E-state index is 14.4. The monoisotopic (exact) mass is 401 g/mol. The Hall–Kier alpha value is -2.80. The van der Waals surface area contributed by atoms with Crippen LogP contribution < -0.4 is 11.1 Å². The van der Waals surface area contributed by atoms with Gasteiger partial charge in [-0.2, -0.15) is 0 Å². The summed E-state index contributed by atoms with van der Waals surface area (Å²) in [6, 6.07) is 7.55. The number of fused-ring (bicyclic) bond motifs is 1. The van der Waals surface area contributed by atoms with E-state index in [1.54, 1.807) is 19.1 Å². The first-order chi connectivity index (χ1) is 13.8. The smallest absolute Gasteiger partial charge is 0.236 e. The van der Waals surface area contributed by atoms with Crippen molar-refractivity contribution in [3.63, 3.8) is 0 Å². The van der Waals surface area contributed by atoms with Crippen molar-refractivity contribution in [1.82, 2.24) is 10.3 Å². The summed E-state index contributed by atoms with van der Waals surface area (Å²) in [6.07, 6.45) is 1.55. The summed E-state index contributed by atoms with van der Waals surface area (Å²) in [4.78, 5) is 14.7. The topological polar surface area (TPSA) is 70.9 Å². The van der Waals surface area contributed by atoms with Gasteiger partial charge in [-0.05, 0) is 73.1 Å². The van der Waals surface area contributed by atoms with Crippen LogP contribution in [0.3, 0.4) is 0 Å². The van der Waals surface area contributed by atoms with Gasteiger partial charge in [0, 0.05) is 18.0 Å². The zero-order chi connectivity index (χ0) is 20.7. The van der Waals surface area contributed by atoms with Crippen molar-refractivity contribution in [2.45, 2.75) is 31.7 Å². The van der Waals surface area contributed by atoms with Gasteiger partial charge in [0.25, 0.3) is 0 Å². The van der Waals surface area contributed by atoms with Crippen molar-refractivity contribution in [3.05, 3.63) is 59.4 Å². The van der Waals surface area contributed by atoms with E-state index in [1.807, 2.05) is 0 Å². The quantitative estimate of drug-likeness (QED) is 0.599. The molecule has 7 heteroatoms. The highest BCUT2D eigenvalue weighted by atomic mass is 19.1. The van der Waals surface area contributed by atoms with Crippen LogP contribution in [-0.2, 0) is 4.79 Å². The molecule has 4 N–H and O–H groups in total. The molecule has 2 aromatic carbocycles. The summed E-state index contributed by atoms with van der Waals surface area (Å²) >= 11 is 0. The third-order valence-corrected chi connectivity index (χ3v) is 5.62. The molecule has 1 aliphatic carbocycles. The second-order valence-electron chi connectivity index (χ2n) is 7.80. The van der Waals surface area contributed by atoms with Crippen LogP contribution in [0.2, 0.25) is 0 Å². The molecule has 1 saturated carbocycles. The average molecular weight is 401 g/mol. The number of halogens is 3. The fourth-order valence-corrected chi connectivity index (χ4v) is 4.05. The molecule has 4 rings (SSSR count). The minimum atomic E-state index is -0.658. The molecule has 0 saturated heterocycles. The van der Waals surface area contributed by atoms with Crippen LogP contribution in [0.5, 0.6) is 0 Å². The highest BCUT2D eigenvalue weighted by Crippen LogP contribution is 2.48. The lowest BCUT2D eigenvalue weighted by atomic mass is 9.70. The lowest BCUT2D eigenvalue weighted by Gasteiger charge is -2.36. The normalized spacial score (nSPS) is 19.8. The maximum Gasteiger partial charge on any atom is 0.236 e. The van der Waals surface area contributed by atoms with Gasteiger partial charge in [0.1, 0.15) is 17.5 Å². The predicted octanol–water partition coefficient (Wildman–Crippen LogP) is 4.21. The number of H-pyrrole nitrogens is 1. The summed E-state index contributed by atoms with van der Waals surface area (Å²) in [6.45, 7) is 2.15. The van der Waals surface area contributed by atoms with Crippen molar-refractivity contribution >= 4 is 16.8 Å². The average Bonchev–Trinajstić information content (AvgIpc) is 3.00. The zero-order valence-electron chi connectivity index (χ0n) is 15.9. The number of amides is 1. The Morgan fingerprint density at radius 3 is 2.52 bits per heavy atom. The molecule has 1 aromatic heterocycles. The molecule has 0 aliphatic heterocycles. The number of nitrogens with one attached hydrogen (secondary N) is 2. The highest BCUT2D eigenvalue weighted by molar-refractivity contribution is 5.92. The Bertz CT molecular complexity index is 1050. The van der Waals surface area contributed by atoms with Crippen LogP contribution in [0.25, 0.3) is 22.2 Å². The summed E-state index contributed by atoms with van der Waals surface area (Å²) in [7, 11) is 0. The summed E-state index contributed by atoms with van der Waals surface area (Å²) in [5.41, 5.74) is 8.02. The van der Waals surface area contributed by atoms with Gasteiger partial charge < -0.3 is 16.0 Å². The molecule has 0 unspecified atom stereocenters. The third-order valence-electron chi connectivity index (χ3n) is 5.62. The zero-order valence-corrected chi connectivity index (χ0v) is 15.9. The molecule has 0 radical (unpaired) electrons. The lowest BCUT2D eigenvalue weighted by Crippen LogP contribution is -2.42. The van der Waals surface area contributed by atoms with Crippen molar-refractivity contribution < 1.29 is 18.0 Å². The Balaban J connectivity index is 1.65. The molecule has 3 aromatic rings. The van der Waals surface area contributed by atoms with Crippen LogP contribution in [-0.4, -0.2) is 23.5 Å². The number of nitrogens with two attached hydrogens (primary N) is 1. The Morgan fingerprint density at radius 2 is 1.86 bits per heavy atom. The van der Waals surface area contributed by atoms with Crippen molar-refractivity contribution in [2.75, 3.05) is 6.54 Å². The molecule has 1 aliphatic rings. The molecular weight excluding hydrogens is 379 g/mol. The largest absolute Gasteiger partial charge is 0.354 e. The maximum atomic E-state index is 14.4. The van der Waals surface area contributed by atoms with Gasteiger partial charge in [0.05, 0.1) is 17.3 Å². The first-order valence-electron chi connectivity index (χ1n) is 9.63. The molecule has 0 spiro atoms. The van der Waals surface area contributed by atoms with E-state index in [-0.39, 0.29) is 29.1 Å². The van der Waals surface area contributed by atoms with Gasteiger partial charge in [-0.1, -0.05) is 0 Å². The molecular formula is C22H22F3N3O. The van der Waals surface area contributed by atoms with E-state index in [9.17, 15) is 18.0 Å². The standard InChI is InChI=1S/C22H22F3N3O/c1-11(26)22(29)27-10-12-6-14(7-12)19-17-8-16(24)9-18(25)21(17)28-20(19)13-2-4-15(23)5-3-13/h2-5,8-9,11-12,14,28H,6-7,10,26H2,1H3,(H,27,29)/t11-,12?,14?/m1/s1. The Morgan fingerprint density at radius 1 is 1.17 bits per heavy atom. The van der Waals surface area contributed by atoms with Gasteiger partial charge in [0.2, 0.25) is 5.91 Å². The van der Waals surface area contributed by atoms with Crippen LogP contribution in [0, 0.1) is 23.4 Å². The molecule has 1 atom stereocenters. The number of benzene rings is 2. The van der Waals surface area contributed by atoms with Gasteiger partial charge in [-0.3, -0.25) is 4.79 Å². The minimum absolute atomic E-state index is 0.0854. The number of aromatic amines is 1. The number of rotatable bonds is 5. The first-order valence-corrected chi connectivity index (χ1v) is 9.63. The van der Waals surface area contributed by atoms with Gasteiger partial charge in [0.15, 0.2) is 0 Å². The second kappa shape index (κ2) is 7.55. The van der Waals surface area contributed by atoms with Gasteiger partial charge in [-0.15, -0.1) is 0 Å². The fourth-order valence-electron chi connectivity index (χ4n) is 4.05. The molecule has 1 amide bonds. The van der Waals surface area contributed by atoms with Crippen LogP contribution in [0.4, 0.5) is 13.2 Å². The van der Waals surface area contributed by atoms with E-state index < -0.39 is 17.7 Å². The molecule has 0 bridgehead atoms. The number of hydrogen-bond acceptors (Lipinski definition) is 2. The summed E-state index contributed by atoms with van der Waals surface area (Å²) < 4.78 is 41.7. The van der Waals surface area contributed by atoms with Crippen molar-refractivity contribution in [3.8, 4) is 11.3 Å². The third kappa shape index (κ3) is 3.74. The van der Waals surface area contributed by atoms with E-state index in [0.29, 0.717) is 23.2 Å². The Kier molecular flexibility index (Phi) is 5.08. The SMILES string of the molecule is C[C@@H](N)C(=O)NCC1CC(c2c(-c3ccc(F)cc3)[nH]c3c(F)cc(F)cc23)C1. The highest BCUT2D eigenvalue weighted by Gasteiger charge is 2.34. The molecule has 4 nitrogen and oxygen atoms in total. The van der Waals surface area contributed by atoms with Crippen LogP contribution in [0.15, 0.2) is 36.4 Å². The van der Waals surface area contributed by atoms with Gasteiger partial charge >= 0.3 is 0 Å². The first kappa shape index (κ1) is 19.5. The van der Waals surface area contributed by atoms with E-state index in [2.05, 4.69) is 10.3 Å². The second-order valence-corrected chi connectivity index (χ2v) is 7.80. The Labute approximate surface area is 166 Å². The van der Waals surface area contributed by atoms with E-state index in [1.165, 1.54) is 18.2 Å². The summed E-state index contributed by atoms with van der Waals surface area (Å²) in [5, 5.41) is 3.33. The lowest BCUT2D eigenvalue weighted by molar-refractivity contribution is -0.122. The van der Waals surface area contributed by atoms with E-state index in [4.69, 9.17) is 5.73 Å². The number of carbonyl (C=O) groups is 1. The molecule has 1 heterocycles. The fraction of sp³-hybridized carbons (Fsp3) is 0.318. The van der Waals surface area contributed by atoms with Gasteiger partial charge in [-0.25, -0.2) is 13.2 Å². The van der Waals surface area contributed by atoms with Crippen molar-refractivity contribution in [2.24, 2.45) is 11.7 Å². The van der Waals surface area contributed by atoms with Crippen molar-refractivity contribution in [1.29, 1.82) is 0 Å². The predicted molar refractivity (Wildman–Crippen MR) is 106 cm³/mol. The van der Waals surface area contributed by atoms with E-state index in [0.717, 1.165) is 24.5 Å². The number of hydrogen-bond donors (Lipinski definition) is 3.